The van der Waals surface area contributed by atoms with Gasteiger partial charge in [0.05, 0.1) is 17.6 Å². The van der Waals surface area contributed by atoms with Crippen LogP contribution in [0.1, 0.15) is 5.56 Å². The number of amides is 1. The highest BCUT2D eigenvalue weighted by atomic mass is 35.5. The lowest BCUT2D eigenvalue weighted by atomic mass is 10.2. The Hall–Kier alpha value is -2.06. The maximum atomic E-state index is 12.4. The van der Waals surface area contributed by atoms with Gasteiger partial charge in [-0.1, -0.05) is 41.4 Å². The predicted molar refractivity (Wildman–Crippen MR) is 119 cm³/mol. The van der Waals surface area contributed by atoms with E-state index in [1.807, 2.05) is 24.3 Å². The van der Waals surface area contributed by atoms with Gasteiger partial charge < -0.3 is 10.2 Å². The van der Waals surface area contributed by atoms with E-state index in [1.165, 1.54) is 16.6 Å². The average molecular weight is 454 g/mol. The van der Waals surface area contributed by atoms with Crippen molar-refractivity contribution in [3.63, 3.8) is 0 Å². The molecule has 0 spiro atoms. The first-order valence-electron chi connectivity index (χ1n) is 8.97. The van der Waals surface area contributed by atoms with Crippen LogP contribution in [0.5, 0.6) is 0 Å². The quantitative estimate of drug-likeness (QED) is 0.700. The zero-order valence-electron chi connectivity index (χ0n) is 15.8. The summed E-state index contributed by atoms with van der Waals surface area (Å²) in [4.78, 5) is 14.5. The molecule has 6 nitrogen and oxygen atoms in total. The molecule has 1 heterocycles. The molecule has 0 saturated carbocycles. The number of hydrogen-bond donors (Lipinski definition) is 1. The number of carbonyl (C=O) groups is 1. The van der Waals surface area contributed by atoms with Crippen molar-refractivity contribution >= 4 is 56.6 Å². The molecule has 0 aliphatic carbocycles. The standard InChI is InChI=1S/C20H21Cl2N3O3S/c1-29(27,28)25-12-10-24(11-13-25)19-5-3-2-4-18(19)23-20(26)9-7-15-6-8-16(21)14-17(15)22/h2-9,14H,10-13H2,1H3,(H,23,26). The number of halogens is 2. The first-order valence-corrected chi connectivity index (χ1v) is 11.6. The van der Waals surface area contributed by atoms with Crippen LogP contribution in [0.2, 0.25) is 10.0 Å². The minimum atomic E-state index is -3.19. The molecule has 0 radical (unpaired) electrons. The third-order valence-electron chi connectivity index (χ3n) is 4.59. The third kappa shape index (κ3) is 5.73. The summed E-state index contributed by atoms with van der Waals surface area (Å²) in [6.45, 7) is 1.93. The summed E-state index contributed by atoms with van der Waals surface area (Å²) in [5.41, 5.74) is 2.21. The summed E-state index contributed by atoms with van der Waals surface area (Å²) in [5, 5.41) is 3.87. The molecule has 1 N–H and O–H groups in total. The molecular weight excluding hydrogens is 433 g/mol. The summed E-state index contributed by atoms with van der Waals surface area (Å²) < 4.78 is 24.9. The minimum absolute atomic E-state index is 0.293. The van der Waals surface area contributed by atoms with Gasteiger partial charge in [-0.25, -0.2) is 8.42 Å². The number of benzene rings is 2. The van der Waals surface area contributed by atoms with Crippen LogP contribution in [0.15, 0.2) is 48.5 Å². The van der Waals surface area contributed by atoms with Crippen molar-refractivity contribution in [2.45, 2.75) is 0 Å². The van der Waals surface area contributed by atoms with Gasteiger partial charge >= 0.3 is 0 Å². The Morgan fingerprint density at radius 3 is 2.41 bits per heavy atom. The second kappa shape index (κ2) is 9.17. The number of para-hydroxylation sites is 2. The van der Waals surface area contributed by atoms with Gasteiger partial charge in [0, 0.05) is 42.3 Å². The van der Waals surface area contributed by atoms with E-state index in [9.17, 15) is 13.2 Å². The topological polar surface area (TPSA) is 69.7 Å². The fraction of sp³-hybridized carbons (Fsp3) is 0.250. The number of rotatable bonds is 5. The summed E-state index contributed by atoms with van der Waals surface area (Å²) >= 11 is 12.0. The molecule has 3 rings (SSSR count). The average Bonchev–Trinajstić information content (AvgIpc) is 2.67. The highest BCUT2D eigenvalue weighted by molar-refractivity contribution is 7.88. The fourth-order valence-electron chi connectivity index (χ4n) is 3.09. The predicted octanol–water partition coefficient (Wildman–Crippen LogP) is 3.73. The van der Waals surface area contributed by atoms with Crippen LogP contribution in [0.4, 0.5) is 11.4 Å². The van der Waals surface area contributed by atoms with Gasteiger partial charge in [0.15, 0.2) is 0 Å². The Bertz CT molecular complexity index is 1030. The van der Waals surface area contributed by atoms with Crippen molar-refractivity contribution in [3.8, 4) is 0 Å². The van der Waals surface area contributed by atoms with Crippen LogP contribution in [-0.4, -0.2) is 51.1 Å². The Labute approximate surface area is 180 Å². The molecule has 1 fully saturated rings. The van der Waals surface area contributed by atoms with Crippen molar-refractivity contribution in [2.24, 2.45) is 0 Å². The Balaban J connectivity index is 1.69. The number of carbonyl (C=O) groups excluding carboxylic acids is 1. The first kappa shape index (κ1) is 21.6. The molecule has 1 aliphatic heterocycles. The third-order valence-corrected chi connectivity index (χ3v) is 6.45. The molecule has 9 heteroatoms. The maximum Gasteiger partial charge on any atom is 0.248 e. The van der Waals surface area contributed by atoms with Crippen molar-refractivity contribution in [3.05, 3.63) is 64.1 Å². The molecule has 0 atom stereocenters. The van der Waals surface area contributed by atoms with Crippen LogP contribution in [0.25, 0.3) is 6.08 Å². The van der Waals surface area contributed by atoms with E-state index < -0.39 is 10.0 Å². The van der Waals surface area contributed by atoms with Crippen molar-refractivity contribution in [1.29, 1.82) is 0 Å². The summed E-state index contributed by atoms with van der Waals surface area (Å²) in [6, 6.07) is 12.5. The maximum absolute atomic E-state index is 12.4. The molecule has 1 aliphatic rings. The van der Waals surface area contributed by atoms with E-state index in [0.717, 1.165) is 5.69 Å². The monoisotopic (exact) mass is 453 g/mol. The van der Waals surface area contributed by atoms with Gasteiger partial charge in [0.1, 0.15) is 0 Å². The van der Waals surface area contributed by atoms with Crippen LogP contribution in [0.3, 0.4) is 0 Å². The molecule has 1 amide bonds. The van der Waals surface area contributed by atoms with E-state index in [0.29, 0.717) is 47.5 Å². The Morgan fingerprint density at radius 2 is 1.76 bits per heavy atom. The van der Waals surface area contributed by atoms with Gasteiger partial charge in [-0.05, 0) is 35.9 Å². The molecule has 0 bridgehead atoms. The highest BCUT2D eigenvalue weighted by Gasteiger charge is 2.24. The van der Waals surface area contributed by atoms with E-state index >= 15 is 0 Å². The van der Waals surface area contributed by atoms with Crippen molar-refractivity contribution < 1.29 is 13.2 Å². The molecule has 154 valence electrons. The molecule has 2 aromatic rings. The van der Waals surface area contributed by atoms with Gasteiger partial charge in [-0.3, -0.25) is 4.79 Å². The van der Waals surface area contributed by atoms with Crippen LogP contribution in [0, 0.1) is 0 Å². The van der Waals surface area contributed by atoms with Crippen LogP contribution < -0.4 is 10.2 Å². The summed E-state index contributed by atoms with van der Waals surface area (Å²) in [7, 11) is -3.19. The van der Waals surface area contributed by atoms with Crippen molar-refractivity contribution in [1.82, 2.24) is 4.31 Å². The zero-order valence-corrected chi connectivity index (χ0v) is 18.1. The van der Waals surface area contributed by atoms with Gasteiger partial charge in [-0.15, -0.1) is 0 Å². The van der Waals surface area contributed by atoms with E-state index in [4.69, 9.17) is 23.2 Å². The number of anilines is 2. The van der Waals surface area contributed by atoms with Crippen molar-refractivity contribution in [2.75, 3.05) is 42.7 Å². The fourth-order valence-corrected chi connectivity index (χ4v) is 4.39. The molecule has 2 aromatic carbocycles. The highest BCUT2D eigenvalue weighted by Crippen LogP contribution is 2.27. The van der Waals surface area contributed by atoms with E-state index in [2.05, 4.69) is 10.2 Å². The van der Waals surface area contributed by atoms with E-state index in [-0.39, 0.29) is 5.91 Å². The van der Waals surface area contributed by atoms with E-state index in [1.54, 1.807) is 24.3 Å². The lowest BCUT2D eigenvalue weighted by Gasteiger charge is -2.35. The summed E-state index contributed by atoms with van der Waals surface area (Å²) in [5.74, 6) is -0.293. The molecular formula is C20H21Cl2N3O3S. The lowest BCUT2D eigenvalue weighted by Crippen LogP contribution is -2.48. The normalized spacial score (nSPS) is 15.6. The number of nitrogens with zero attached hydrogens (tertiary/aromatic N) is 2. The first-order chi connectivity index (χ1) is 13.7. The Kier molecular flexibility index (Phi) is 6.85. The molecule has 1 saturated heterocycles. The smallest absolute Gasteiger partial charge is 0.248 e. The zero-order chi connectivity index (χ0) is 21.0. The van der Waals surface area contributed by atoms with Crippen LogP contribution >= 0.6 is 23.2 Å². The van der Waals surface area contributed by atoms with Crippen LogP contribution in [-0.2, 0) is 14.8 Å². The number of nitrogens with one attached hydrogen (secondary N) is 1. The lowest BCUT2D eigenvalue weighted by molar-refractivity contribution is -0.111. The number of sulfonamides is 1. The second-order valence-electron chi connectivity index (χ2n) is 6.65. The molecule has 0 unspecified atom stereocenters. The van der Waals surface area contributed by atoms with Gasteiger partial charge in [0.2, 0.25) is 15.9 Å². The number of hydrogen-bond acceptors (Lipinski definition) is 4. The van der Waals surface area contributed by atoms with Gasteiger partial charge in [0.25, 0.3) is 0 Å². The summed E-state index contributed by atoms with van der Waals surface area (Å²) in [6.07, 6.45) is 4.26. The number of piperazine rings is 1. The van der Waals surface area contributed by atoms with Gasteiger partial charge in [-0.2, -0.15) is 4.31 Å². The molecule has 0 aromatic heterocycles. The second-order valence-corrected chi connectivity index (χ2v) is 9.48. The Morgan fingerprint density at radius 1 is 1.07 bits per heavy atom. The SMILES string of the molecule is CS(=O)(=O)N1CCN(c2ccccc2NC(=O)C=Cc2ccc(Cl)cc2Cl)CC1. The minimum Gasteiger partial charge on any atom is -0.367 e. The molecule has 29 heavy (non-hydrogen) atoms. The largest absolute Gasteiger partial charge is 0.367 e.